The van der Waals surface area contributed by atoms with Gasteiger partial charge in [0.05, 0.1) is 7.11 Å². The van der Waals surface area contributed by atoms with Crippen LogP contribution in [0.2, 0.25) is 6.82 Å². The van der Waals surface area contributed by atoms with Crippen molar-refractivity contribution in [3.05, 3.63) is 71.3 Å². The minimum atomic E-state index is -0.112. The Hall–Kier alpha value is -2.49. The highest BCUT2D eigenvalue weighted by molar-refractivity contribution is 6.27. The number of methoxy groups -OCH3 is 1. The van der Waals surface area contributed by atoms with E-state index in [1.807, 2.05) is 12.1 Å². The van der Waals surface area contributed by atoms with Crippen LogP contribution in [0.3, 0.4) is 0 Å². The molecule has 0 aliphatic carbocycles. The fraction of sp³-hybridized carbons (Fsp3) is 0.286. The van der Waals surface area contributed by atoms with Crippen LogP contribution in [0.15, 0.2) is 54.6 Å². The molecule has 3 nitrogen and oxygen atoms in total. The second kappa shape index (κ2) is 8.06. The maximum atomic E-state index is 12.5. The Kier molecular flexibility index (Phi) is 6.08. The lowest BCUT2D eigenvalue weighted by atomic mass is 9.86. The van der Waals surface area contributed by atoms with E-state index in [9.17, 15) is 4.79 Å². The van der Waals surface area contributed by atoms with Crippen molar-refractivity contribution in [1.82, 2.24) is 0 Å². The van der Waals surface area contributed by atoms with Gasteiger partial charge in [0, 0.05) is 17.2 Å². The third-order valence-corrected chi connectivity index (χ3v) is 3.92. The maximum Gasteiger partial charge on any atom is 0.366 e. The molecule has 0 unspecified atom stereocenters. The van der Waals surface area contributed by atoms with Crippen LogP contribution < -0.4 is 4.74 Å². The lowest BCUT2D eigenvalue weighted by Crippen LogP contribution is -2.10. The molecule has 0 saturated carbocycles. The number of ketones is 1. The molecule has 0 aliphatic rings. The zero-order chi connectivity index (χ0) is 18.4. The van der Waals surface area contributed by atoms with E-state index in [4.69, 9.17) is 9.39 Å². The first-order chi connectivity index (χ1) is 11.8. The van der Waals surface area contributed by atoms with E-state index in [0.717, 1.165) is 11.3 Å². The zero-order valence-corrected chi connectivity index (χ0v) is 15.5. The van der Waals surface area contributed by atoms with Crippen LogP contribution in [0.25, 0.3) is 5.76 Å². The van der Waals surface area contributed by atoms with Crippen LogP contribution in [-0.2, 0) is 10.1 Å². The molecule has 0 heterocycles. The molecule has 2 rings (SSSR count). The molecule has 1 radical (unpaired) electrons. The van der Waals surface area contributed by atoms with Gasteiger partial charge in [0.25, 0.3) is 0 Å². The van der Waals surface area contributed by atoms with Gasteiger partial charge in [-0.05, 0) is 35.2 Å². The Morgan fingerprint density at radius 2 is 1.52 bits per heavy atom. The summed E-state index contributed by atoms with van der Waals surface area (Å²) in [7, 11) is 3.17. The van der Waals surface area contributed by atoms with E-state index in [0.29, 0.717) is 11.3 Å². The van der Waals surface area contributed by atoms with Crippen LogP contribution >= 0.6 is 0 Å². The summed E-state index contributed by atoms with van der Waals surface area (Å²) in [6, 6.07) is 15.1. The minimum absolute atomic E-state index is 0.0824. The molecule has 0 N–H and O–H groups in total. The number of ether oxygens (including phenoxy) is 1. The molecule has 0 saturated heterocycles. The summed E-state index contributed by atoms with van der Waals surface area (Å²) in [5.41, 5.74) is 2.77. The van der Waals surface area contributed by atoms with Crippen molar-refractivity contribution in [3.63, 3.8) is 0 Å². The van der Waals surface area contributed by atoms with Gasteiger partial charge in [0.2, 0.25) is 0 Å². The molecule has 0 atom stereocenters. The summed E-state index contributed by atoms with van der Waals surface area (Å²) in [6.45, 7) is 8.29. The molecule has 4 heteroatoms. The summed E-state index contributed by atoms with van der Waals surface area (Å²) in [4.78, 5) is 12.5. The molecule has 0 fully saturated rings. The van der Waals surface area contributed by atoms with E-state index in [-0.39, 0.29) is 11.2 Å². The van der Waals surface area contributed by atoms with Gasteiger partial charge in [-0.2, -0.15) is 0 Å². The predicted molar refractivity (Wildman–Crippen MR) is 103 cm³/mol. The second-order valence-electron chi connectivity index (χ2n) is 6.78. The third-order valence-electron chi connectivity index (χ3n) is 3.92. The molecular weight excluding hydrogens is 311 g/mol. The van der Waals surface area contributed by atoms with Crippen molar-refractivity contribution >= 4 is 19.0 Å². The van der Waals surface area contributed by atoms with Crippen LogP contribution in [0.5, 0.6) is 5.75 Å². The molecule has 129 valence electrons. The van der Waals surface area contributed by atoms with E-state index in [1.165, 1.54) is 11.6 Å². The van der Waals surface area contributed by atoms with Crippen molar-refractivity contribution in [2.24, 2.45) is 0 Å². The number of carbonyl (C=O) groups is 1. The molecule has 25 heavy (non-hydrogen) atoms. The topological polar surface area (TPSA) is 35.5 Å². The first-order valence-corrected chi connectivity index (χ1v) is 8.30. The van der Waals surface area contributed by atoms with Gasteiger partial charge in [0.15, 0.2) is 5.78 Å². The molecule has 2 aromatic carbocycles. The number of benzene rings is 2. The Morgan fingerprint density at radius 1 is 0.960 bits per heavy atom. The van der Waals surface area contributed by atoms with Gasteiger partial charge < -0.3 is 9.39 Å². The highest BCUT2D eigenvalue weighted by Gasteiger charge is 2.14. The SMILES string of the molecule is C[B]O/C(=C\C(=O)c1ccc(OC)cc1)c1ccc(C(C)(C)C)cc1. The van der Waals surface area contributed by atoms with Crippen molar-refractivity contribution in [2.75, 3.05) is 7.11 Å². The highest BCUT2D eigenvalue weighted by atomic mass is 16.5. The smallest absolute Gasteiger partial charge is 0.366 e. The molecule has 0 aromatic heterocycles. The Balaban J connectivity index is 2.29. The van der Waals surface area contributed by atoms with E-state index in [2.05, 4.69) is 32.9 Å². The van der Waals surface area contributed by atoms with Crippen molar-refractivity contribution in [3.8, 4) is 5.75 Å². The molecule has 0 aliphatic heterocycles. The lowest BCUT2D eigenvalue weighted by Gasteiger charge is -2.19. The van der Waals surface area contributed by atoms with E-state index < -0.39 is 0 Å². The first kappa shape index (κ1) is 18.8. The summed E-state index contributed by atoms with van der Waals surface area (Å²) in [5, 5.41) is 0. The summed E-state index contributed by atoms with van der Waals surface area (Å²) in [5.74, 6) is 1.14. The van der Waals surface area contributed by atoms with Gasteiger partial charge in [-0.1, -0.05) is 51.9 Å². The van der Waals surface area contributed by atoms with Crippen LogP contribution in [0, 0.1) is 0 Å². The van der Waals surface area contributed by atoms with Crippen molar-refractivity contribution in [2.45, 2.75) is 33.0 Å². The molecule has 2 aromatic rings. The summed E-state index contributed by atoms with van der Waals surface area (Å²) >= 11 is 0. The quantitative estimate of drug-likeness (QED) is 0.326. The summed E-state index contributed by atoms with van der Waals surface area (Å²) in [6.07, 6.45) is 1.52. The Morgan fingerprint density at radius 3 is 2.00 bits per heavy atom. The maximum absolute atomic E-state index is 12.5. The zero-order valence-electron chi connectivity index (χ0n) is 15.5. The second-order valence-corrected chi connectivity index (χ2v) is 6.78. The number of hydrogen-bond donors (Lipinski definition) is 0. The van der Waals surface area contributed by atoms with Crippen molar-refractivity contribution in [1.29, 1.82) is 0 Å². The number of hydrogen-bond acceptors (Lipinski definition) is 3. The minimum Gasteiger partial charge on any atom is -0.563 e. The van der Waals surface area contributed by atoms with E-state index >= 15 is 0 Å². The third kappa shape index (κ3) is 4.99. The van der Waals surface area contributed by atoms with Crippen LogP contribution in [0.1, 0.15) is 42.3 Å². The molecule has 0 spiro atoms. The number of carbonyl (C=O) groups excluding carboxylic acids is 1. The number of rotatable bonds is 6. The van der Waals surface area contributed by atoms with Gasteiger partial charge in [0.1, 0.15) is 11.5 Å². The normalized spacial score (nSPS) is 11.8. The van der Waals surface area contributed by atoms with Gasteiger partial charge >= 0.3 is 7.48 Å². The average Bonchev–Trinajstić information content (AvgIpc) is 2.60. The standard InChI is InChI=1S/C21H24BO3/c1-21(2,3)17-10-6-16(7-11-17)20(25-22-4)14-19(23)15-8-12-18(24-5)13-9-15/h6-14H,1-5H3/b20-14-. The number of allylic oxidation sites excluding steroid dienone is 1. The fourth-order valence-electron chi connectivity index (χ4n) is 2.40. The first-order valence-electron chi connectivity index (χ1n) is 8.30. The summed E-state index contributed by atoms with van der Waals surface area (Å²) < 4.78 is 10.7. The van der Waals surface area contributed by atoms with Crippen LogP contribution in [0.4, 0.5) is 0 Å². The highest BCUT2D eigenvalue weighted by Crippen LogP contribution is 2.25. The Labute approximate surface area is 150 Å². The molecular formula is C21H24BO3. The van der Waals surface area contributed by atoms with Gasteiger partial charge in [-0.15, -0.1) is 0 Å². The van der Waals surface area contributed by atoms with Crippen LogP contribution in [-0.4, -0.2) is 20.4 Å². The molecule has 0 bridgehead atoms. The molecule has 0 amide bonds. The predicted octanol–water partition coefficient (Wildman–Crippen LogP) is 4.90. The van der Waals surface area contributed by atoms with Gasteiger partial charge in [-0.3, -0.25) is 4.79 Å². The fourth-order valence-corrected chi connectivity index (χ4v) is 2.40. The van der Waals surface area contributed by atoms with Crippen molar-refractivity contribution < 1.29 is 14.2 Å². The average molecular weight is 335 g/mol. The lowest BCUT2D eigenvalue weighted by molar-refractivity contribution is 0.104. The van der Waals surface area contributed by atoms with E-state index in [1.54, 1.807) is 45.7 Å². The monoisotopic (exact) mass is 335 g/mol. The largest absolute Gasteiger partial charge is 0.563 e. The Bertz CT molecular complexity index is 738. The van der Waals surface area contributed by atoms with Gasteiger partial charge in [-0.25, -0.2) is 0 Å².